The van der Waals surface area contributed by atoms with Crippen LogP contribution in [0.5, 0.6) is 11.5 Å². The molecule has 0 aromatic heterocycles. The Kier molecular flexibility index (Phi) is 5.83. The van der Waals surface area contributed by atoms with Gasteiger partial charge in [-0.25, -0.2) is 5.84 Å². The van der Waals surface area contributed by atoms with Crippen molar-refractivity contribution in [3.8, 4) is 11.5 Å². The molecule has 0 aliphatic carbocycles. The van der Waals surface area contributed by atoms with Crippen LogP contribution >= 0.6 is 12.4 Å². The van der Waals surface area contributed by atoms with E-state index in [0.29, 0.717) is 12.4 Å². The van der Waals surface area contributed by atoms with Crippen LogP contribution in [0.2, 0.25) is 0 Å². The topological polar surface area (TPSA) is 84.6 Å². The third kappa shape index (κ3) is 3.88. The maximum Gasteiger partial charge on any atom is 0.268 e. The number of hydrazine groups is 1. The lowest BCUT2D eigenvalue weighted by Crippen LogP contribution is -2.29. The fourth-order valence-electron chi connectivity index (χ4n) is 1.61. The molecule has 0 heterocycles. The van der Waals surface area contributed by atoms with Crippen molar-refractivity contribution in [1.29, 1.82) is 0 Å². The Morgan fingerprint density at radius 1 is 1.20 bits per heavy atom. The molecule has 2 aromatic carbocycles. The van der Waals surface area contributed by atoms with Gasteiger partial charge in [-0.15, -0.1) is 12.4 Å². The number of carbonyl (C=O) groups excluding carboxylic acids is 1. The first kappa shape index (κ1) is 15.8. The van der Waals surface area contributed by atoms with Gasteiger partial charge in [-0.05, 0) is 17.7 Å². The van der Waals surface area contributed by atoms with Gasteiger partial charge in [0.15, 0.2) is 0 Å². The first-order chi connectivity index (χ1) is 9.20. The summed E-state index contributed by atoms with van der Waals surface area (Å²) in [5, 5.41) is 9.69. The minimum Gasteiger partial charge on any atom is -0.507 e. The average molecular weight is 295 g/mol. The zero-order valence-corrected chi connectivity index (χ0v) is 11.4. The van der Waals surface area contributed by atoms with Crippen molar-refractivity contribution >= 4 is 18.3 Å². The van der Waals surface area contributed by atoms with Crippen LogP contribution < -0.4 is 16.0 Å². The molecule has 0 aliphatic rings. The Balaban J connectivity index is 0.00000200. The molecule has 20 heavy (non-hydrogen) atoms. The molecule has 0 atom stereocenters. The number of benzene rings is 2. The third-order valence-corrected chi connectivity index (χ3v) is 2.59. The number of phenolic OH excluding ortho intramolecular Hbond substituents is 1. The highest BCUT2D eigenvalue weighted by atomic mass is 35.5. The molecule has 2 aromatic rings. The maximum absolute atomic E-state index is 11.3. The zero-order chi connectivity index (χ0) is 13.7. The van der Waals surface area contributed by atoms with Gasteiger partial charge in [0.2, 0.25) is 0 Å². The Bertz CT molecular complexity index is 576. The fraction of sp³-hybridized carbons (Fsp3) is 0.0714. The van der Waals surface area contributed by atoms with Gasteiger partial charge in [-0.2, -0.15) is 0 Å². The molecular weight excluding hydrogens is 280 g/mol. The summed E-state index contributed by atoms with van der Waals surface area (Å²) in [6.07, 6.45) is 0. The van der Waals surface area contributed by atoms with Gasteiger partial charge in [0.25, 0.3) is 5.91 Å². The molecule has 0 radical (unpaired) electrons. The predicted octanol–water partition coefficient (Wildman–Crippen LogP) is 2.00. The van der Waals surface area contributed by atoms with Crippen LogP contribution in [-0.4, -0.2) is 11.0 Å². The van der Waals surface area contributed by atoms with Gasteiger partial charge in [0.1, 0.15) is 18.1 Å². The molecule has 2 rings (SSSR count). The number of rotatable bonds is 4. The molecule has 0 saturated carbocycles. The molecule has 4 N–H and O–H groups in total. The van der Waals surface area contributed by atoms with Gasteiger partial charge in [-0.3, -0.25) is 10.2 Å². The molecular formula is C14H15ClN2O3. The van der Waals surface area contributed by atoms with Gasteiger partial charge in [0, 0.05) is 6.07 Å². The van der Waals surface area contributed by atoms with E-state index in [1.165, 1.54) is 12.1 Å². The van der Waals surface area contributed by atoms with Crippen molar-refractivity contribution in [3.05, 3.63) is 59.7 Å². The molecule has 1 amide bonds. The van der Waals surface area contributed by atoms with E-state index in [-0.39, 0.29) is 23.7 Å². The zero-order valence-electron chi connectivity index (χ0n) is 10.6. The average Bonchev–Trinajstić information content (AvgIpc) is 2.45. The van der Waals surface area contributed by atoms with Crippen molar-refractivity contribution in [2.45, 2.75) is 6.61 Å². The molecule has 0 bridgehead atoms. The summed E-state index contributed by atoms with van der Waals surface area (Å²) < 4.78 is 5.52. The van der Waals surface area contributed by atoms with E-state index in [2.05, 4.69) is 0 Å². The second-order valence-electron chi connectivity index (χ2n) is 3.93. The van der Waals surface area contributed by atoms with Crippen molar-refractivity contribution in [3.63, 3.8) is 0 Å². The Hall–Kier alpha value is -2.24. The van der Waals surface area contributed by atoms with E-state index in [4.69, 9.17) is 10.6 Å². The Labute approximate surface area is 122 Å². The molecule has 106 valence electrons. The van der Waals surface area contributed by atoms with Gasteiger partial charge >= 0.3 is 0 Å². The number of hydrogen-bond donors (Lipinski definition) is 3. The van der Waals surface area contributed by atoms with Gasteiger partial charge < -0.3 is 9.84 Å². The summed E-state index contributed by atoms with van der Waals surface area (Å²) in [7, 11) is 0. The van der Waals surface area contributed by atoms with Crippen molar-refractivity contribution in [2.75, 3.05) is 0 Å². The number of phenols is 1. The summed E-state index contributed by atoms with van der Waals surface area (Å²) in [5.74, 6) is 4.76. The lowest BCUT2D eigenvalue weighted by Gasteiger charge is -2.08. The van der Waals surface area contributed by atoms with Crippen LogP contribution in [0.3, 0.4) is 0 Å². The molecule has 0 unspecified atom stereocenters. The smallest absolute Gasteiger partial charge is 0.268 e. The number of halogens is 1. The highest BCUT2D eigenvalue weighted by Crippen LogP contribution is 2.24. The number of aromatic hydroxyl groups is 1. The monoisotopic (exact) mass is 294 g/mol. The standard InChI is InChI=1S/C14H14N2O3.ClH/c15-16-14(18)12-7-6-11(8-13(12)17)19-9-10-4-2-1-3-5-10;/h1-8,17H,9,15H2,(H,16,18);1H. The normalized spacial score (nSPS) is 9.45. The highest BCUT2D eigenvalue weighted by molar-refractivity contribution is 5.96. The van der Waals surface area contributed by atoms with Crippen LogP contribution in [0.15, 0.2) is 48.5 Å². The molecule has 0 aliphatic heterocycles. The summed E-state index contributed by atoms with van der Waals surface area (Å²) in [5.41, 5.74) is 3.08. The highest BCUT2D eigenvalue weighted by Gasteiger charge is 2.10. The van der Waals surface area contributed by atoms with Gasteiger partial charge in [-0.1, -0.05) is 30.3 Å². The number of carbonyl (C=O) groups is 1. The first-order valence-electron chi connectivity index (χ1n) is 5.71. The second-order valence-corrected chi connectivity index (χ2v) is 3.93. The maximum atomic E-state index is 11.3. The number of ether oxygens (including phenoxy) is 1. The number of hydrogen-bond acceptors (Lipinski definition) is 4. The number of nitrogens with one attached hydrogen (secondary N) is 1. The summed E-state index contributed by atoms with van der Waals surface area (Å²) in [6.45, 7) is 0.392. The van der Waals surface area contributed by atoms with Crippen LogP contribution in [0, 0.1) is 0 Å². The van der Waals surface area contributed by atoms with E-state index in [1.54, 1.807) is 6.07 Å². The van der Waals surface area contributed by atoms with Crippen molar-refractivity contribution < 1.29 is 14.6 Å². The van der Waals surface area contributed by atoms with Crippen LogP contribution in [0.1, 0.15) is 15.9 Å². The fourth-order valence-corrected chi connectivity index (χ4v) is 1.61. The number of nitrogens with two attached hydrogens (primary N) is 1. The van der Waals surface area contributed by atoms with Crippen molar-refractivity contribution in [2.24, 2.45) is 5.84 Å². The van der Waals surface area contributed by atoms with Gasteiger partial charge in [0.05, 0.1) is 5.56 Å². The van der Waals surface area contributed by atoms with E-state index >= 15 is 0 Å². The van der Waals surface area contributed by atoms with E-state index in [1.807, 2.05) is 35.8 Å². The van der Waals surface area contributed by atoms with E-state index in [0.717, 1.165) is 5.56 Å². The predicted molar refractivity (Wildman–Crippen MR) is 77.8 cm³/mol. The molecule has 5 nitrogen and oxygen atoms in total. The molecule has 6 heteroatoms. The third-order valence-electron chi connectivity index (χ3n) is 2.59. The van der Waals surface area contributed by atoms with Crippen LogP contribution in [0.25, 0.3) is 0 Å². The Morgan fingerprint density at radius 3 is 2.50 bits per heavy atom. The van der Waals surface area contributed by atoms with Crippen LogP contribution in [0.4, 0.5) is 0 Å². The molecule has 0 saturated heterocycles. The van der Waals surface area contributed by atoms with E-state index in [9.17, 15) is 9.90 Å². The number of nitrogen functional groups attached to an aromatic ring is 1. The minimum atomic E-state index is -0.549. The van der Waals surface area contributed by atoms with Crippen molar-refractivity contribution in [1.82, 2.24) is 5.43 Å². The quantitative estimate of drug-likeness (QED) is 0.457. The molecule has 0 fully saturated rings. The summed E-state index contributed by atoms with van der Waals surface area (Å²) in [6, 6.07) is 14.1. The van der Waals surface area contributed by atoms with E-state index < -0.39 is 5.91 Å². The largest absolute Gasteiger partial charge is 0.507 e. The minimum absolute atomic E-state index is 0. The summed E-state index contributed by atoms with van der Waals surface area (Å²) >= 11 is 0. The Morgan fingerprint density at radius 2 is 1.90 bits per heavy atom. The first-order valence-corrected chi connectivity index (χ1v) is 5.71. The number of amides is 1. The molecule has 0 spiro atoms. The summed E-state index contributed by atoms with van der Waals surface area (Å²) in [4.78, 5) is 11.3. The lowest BCUT2D eigenvalue weighted by molar-refractivity contribution is 0.0951. The SMILES string of the molecule is Cl.NNC(=O)c1ccc(OCc2ccccc2)cc1O. The lowest BCUT2D eigenvalue weighted by atomic mass is 10.2. The van der Waals surface area contributed by atoms with Crippen LogP contribution in [-0.2, 0) is 6.61 Å². The second kappa shape index (κ2) is 7.37.